The molecule has 0 atom stereocenters. The number of hydrogen-bond donors (Lipinski definition) is 0. The minimum absolute atomic E-state index is 0.433. The molecule has 0 N–H and O–H groups in total. The Morgan fingerprint density at radius 2 is 1.94 bits per heavy atom. The van der Waals surface area contributed by atoms with Gasteiger partial charge in [0.25, 0.3) is 0 Å². The van der Waals surface area contributed by atoms with Gasteiger partial charge in [0.2, 0.25) is 0 Å². The van der Waals surface area contributed by atoms with Gasteiger partial charge in [-0.25, -0.2) is 9.97 Å². The molecule has 0 spiro atoms. The lowest BCUT2D eigenvalue weighted by molar-refractivity contribution is 0.596. The molecule has 0 aromatic carbocycles. The van der Waals surface area contributed by atoms with Crippen LogP contribution in [0.2, 0.25) is 5.15 Å². The minimum atomic E-state index is 0.433. The molecular formula is C12H16BrClN2. The smallest absolute Gasteiger partial charge is 0.147 e. The minimum Gasteiger partial charge on any atom is -0.236 e. The van der Waals surface area contributed by atoms with Crippen LogP contribution in [0.3, 0.4) is 0 Å². The summed E-state index contributed by atoms with van der Waals surface area (Å²) in [6, 6.07) is 0. The van der Waals surface area contributed by atoms with Gasteiger partial charge in [-0.15, -0.1) is 0 Å². The maximum atomic E-state index is 6.15. The van der Waals surface area contributed by atoms with Crippen LogP contribution in [0.5, 0.6) is 0 Å². The van der Waals surface area contributed by atoms with Crippen molar-refractivity contribution in [3.05, 3.63) is 21.1 Å². The summed E-state index contributed by atoms with van der Waals surface area (Å²) < 4.78 is 0.895. The van der Waals surface area contributed by atoms with Gasteiger partial charge in [-0.2, -0.15) is 0 Å². The molecule has 1 aliphatic carbocycles. The molecule has 1 fully saturated rings. The van der Waals surface area contributed by atoms with E-state index in [1.54, 1.807) is 0 Å². The molecule has 0 radical (unpaired) electrons. The van der Waals surface area contributed by atoms with Crippen molar-refractivity contribution in [1.29, 1.82) is 0 Å². The van der Waals surface area contributed by atoms with Crippen molar-refractivity contribution in [2.75, 3.05) is 0 Å². The third kappa shape index (κ3) is 2.40. The van der Waals surface area contributed by atoms with Gasteiger partial charge in [0, 0.05) is 11.8 Å². The van der Waals surface area contributed by atoms with Gasteiger partial charge in [0.1, 0.15) is 11.0 Å². The summed E-state index contributed by atoms with van der Waals surface area (Å²) in [7, 11) is 0. The number of rotatable bonds is 4. The van der Waals surface area contributed by atoms with Crippen LogP contribution in [-0.4, -0.2) is 9.97 Å². The zero-order valence-corrected chi connectivity index (χ0v) is 12.0. The summed E-state index contributed by atoms with van der Waals surface area (Å²) in [5.74, 6) is 1.95. The number of nitrogens with zero attached hydrogens (tertiary/aromatic N) is 2. The number of halogens is 2. The zero-order valence-electron chi connectivity index (χ0n) is 9.63. The number of hydrogen-bond acceptors (Lipinski definition) is 2. The Kier molecular flexibility index (Phi) is 3.85. The highest BCUT2D eigenvalue weighted by atomic mass is 79.9. The van der Waals surface area contributed by atoms with E-state index in [0.29, 0.717) is 17.0 Å². The predicted octanol–water partition coefficient (Wildman–Crippen LogP) is 4.67. The average molecular weight is 304 g/mol. The van der Waals surface area contributed by atoms with Crippen LogP contribution in [0.15, 0.2) is 4.47 Å². The molecule has 0 amide bonds. The van der Waals surface area contributed by atoms with Crippen molar-refractivity contribution in [2.45, 2.75) is 51.4 Å². The fourth-order valence-electron chi connectivity index (χ4n) is 1.92. The molecule has 0 unspecified atom stereocenters. The van der Waals surface area contributed by atoms with E-state index in [2.05, 4.69) is 34.8 Å². The second kappa shape index (κ2) is 5.01. The van der Waals surface area contributed by atoms with Crippen molar-refractivity contribution >= 4 is 27.5 Å². The topological polar surface area (TPSA) is 25.8 Å². The van der Waals surface area contributed by atoms with Crippen LogP contribution in [0.1, 0.15) is 62.9 Å². The van der Waals surface area contributed by atoms with Gasteiger partial charge in [-0.05, 0) is 41.6 Å². The normalized spacial score (nSPS) is 15.8. The lowest BCUT2D eigenvalue weighted by Gasteiger charge is -2.13. The summed E-state index contributed by atoms with van der Waals surface area (Å²) in [6.07, 6.45) is 4.60. The summed E-state index contributed by atoms with van der Waals surface area (Å²) in [5, 5.41) is 0.568. The lowest BCUT2D eigenvalue weighted by atomic mass is 10.0. The van der Waals surface area contributed by atoms with E-state index in [1.165, 1.54) is 12.8 Å². The Balaban J connectivity index is 2.39. The summed E-state index contributed by atoms with van der Waals surface area (Å²) in [5.41, 5.74) is 1.11. The molecule has 0 aliphatic heterocycles. The molecule has 2 nitrogen and oxygen atoms in total. The fourth-order valence-corrected chi connectivity index (χ4v) is 2.60. The highest BCUT2D eigenvalue weighted by Crippen LogP contribution is 2.44. The molecule has 0 saturated heterocycles. The number of aromatic nitrogens is 2. The van der Waals surface area contributed by atoms with Crippen LogP contribution in [-0.2, 0) is 0 Å². The Hall–Kier alpha value is -0.150. The van der Waals surface area contributed by atoms with E-state index in [0.717, 1.165) is 28.8 Å². The highest BCUT2D eigenvalue weighted by molar-refractivity contribution is 9.10. The predicted molar refractivity (Wildman–Crippen MR) is 70.0 cm³/mol. The summed E-state index contributed by atoms with van der Waals surface area (Å²) in [6.45, 7) is 4.34. The SMILES string of the molecule is CCC(CC)c1nc(Cl)c(Br)c(C2CC2)n1. The van der Waals surface area contributed by atoms with E-state index in [-0.39, 0.29) is 0 Å². The monoisotopic (exact) mass is 302 g/mol. The Morgan fingerprint density at radius 1 is 1.31 bits per heavy atom. The first kappa shape index (κ1) is 12.3. The molecule has 1 saturated carbocycles. The molecule has 1 heterocycles. The van der Waals surface area contributed by atoms with Crippen molar-refractivity contribution in [3.8, 4) is 0 Å². The largest absolute Gasteiger partial charge is 0.236 e. The van der Waals surface area contributed by atoms with Gasteiger partial charge in [0.05, 0.1) is 10.2 Å². The van der Waals surface area contributed by atoms with Gasteiger partial charge < -0.3 is 0 Å². The first-order valence-corrected chi connectivity index (χ1v) is 7.07. The quantitative estimate of drug-likeness (QED) is 0.755. The molecule has 1 aliphatic rings. The van der Waals surface area contributed by atoms with Crippen LogP contribution in [0.4, 0.5) is 0 Å². The van der Waals surface area contributed by atoms with Gasteiger partial charge >= 0.3 is 0 Å². The van der Waals surface area contributed by atoms with Gasteiger partial charge in [-0.3, -0.25) is 0 Å². The first-order valence-electron chi connectivity index (χ1n) is 5.90. The third-order valence-electron chi connectivity index (χ3n) is 3.17. The lowest BCUT2D eigenvalue weighted by Crippen LogP contribution is -2.06. The second-order valence-electron chi connectivity index (χ2n) is 4.36. The Labute approximate surface area is 110 Å². The fraction of sp³-hybridized carbons (Fsp3) is 0.667. The van der Waals surface area contributed by atoms with Crippen LogP contribution < -0.4 is 0 Å². The first-order chi connectivity index (χ1) is 7.67. The Bertz CT molecular complexity index is 387. The summed E-state index contributed by atoms with van der Waals surface area (Å²) >= 11 is 9.64. The molecular weight excluding hydrogens is 288 g/mol. The maximum Gasteiger partial charge on any atom is 0.147 e. The van der Waals surface area contributed by atoms with Gasteiger partial charge in [-0.1, -0.05) is 25.4 Å². The van der Waals surface area contributed by atoms with Crippen molar-refractivity contribution in [1.82, 2.24) is 9.97 Å². The maximum absolute atomic E-state index is 6.15. The van der Waals surface area contributed by atoms with E-state index in [9.17, 15) is 0 Å². The van der Waals surface area contributed by atoms with E-state index < -0.39 is 0 Å². The van der Waals surface area contributed by atoms with E-state index in [1.807, 2.05) is 0 Å². The Morgan fingerprint density at radius 3 is 2.44 bits per heavy atom. The van der Waals surface area contributed by atoms with Crippen LogP contribution in [0.25, 0.3) is 0 Å². The molecule has 0 bridgehead atoms. The van der Waals surface area contributed by atoms with Gasteiger partial charge in [0.15, 0.2) is 0 Å². The molecule has 2 rings (SSSR count). The van der Waals surface area contributed by atoms with Crippen molar-refractivity contribution < 1.29 is 0 Å². The zero-order chi connectivity index (χ0) is 11.7. The highest BCUT2D eigenvalue weighted by Gasteiger charge is 2.29. The standard InChI is InChI=1S/C12H16BrClN2/c1-3-7(4-2)12-15-10(8-5-6-8)9(13)11(14)16-12/h7-8H,3-6H2,1-2H3. The summed E-state index contributed by atoms with van der Waals surface area (Å²) in [4.78, 5) is 9.09. The second-order valence-corrected chi connectivity index (χ2v) is 5.51. The third-order valence-corrected chi connectivity index (χ3v) is 4.45. The van der Waals surface area contributed by atoms with Crippen LogP contribution in [0, 0.1) is 0 Å². The molecule has 1 aromatic heterocycles. The molecule has 4 heteroatoms. The van der Waals surface area contributed by atoms with Crippen LogP contribution >= 0.6 is 27.5 Å². The van der Waals surface area contributed by atoms with E-state index >= 15 is 0 Å². The molecule has 1 aromatic rings. The van der Waals surface area contributed by atoms with Crippen molar-refractivity contribution in [3.63, 3.8) is 0 Å². The van der Waals surface area contributed by atoms with E-state index in [4.69, 9.17) is 16.6 Å². The molecule has 16 heavy (non-hydrogen) atoms. The molecule has 88 valence electrons. The average Bonchev–Trinajstić information content (AvgIpc) is 3.08. The van der Waals surface area contributed by atoms with Crippen molar-refractivity contribution in [2.24, 2.45) is 0 Å².